The van der Waals surface area contributed by atoms with Gasteiger partial charge < -0.3 is 29.8 Å². The zero-order valence-electron chi connectivity index (χ0n) is 23.2. The first kappa shape index (κ1) is 40.6. The van der Waals surface area contributed by atoms with E-state index in [2.05, 4.69) is 10.3 Å². The number of carbonyl (C=O) groups is 1. The Morgan fingerprint density at radius 3 is 1.84 bits per heavy atom. The van der Waals surface area contributed by atoms with Gasteiger partial charge in [-0.3, -0.25) is 9.78 Å². The molecular weight excluding hydrogens is 671 g/mol. The molecule has 0 aliphatic rings. The van der Waals surface area contributed by atoms with Gasteiger partial charge in [0.25, 0.3) is 5.91 Å². The summed E-state index contributed by atoms with van der Waals surface area (Å²) in [6.07, 6.45) is 3.29. The van der Waals surface area contributed by atoms with E-state index in [1.165, 1.54) is 30.5 Å². The summed E-state index contributed by atoms with van der Waals surface area (Å²) in [6.45, 7) is 0. The van der Waals surface area contributed by atoms with Crippen molar-refractivity contribution in [2.45, 2.75) is 14.7 Å². The predicted molar refractivity (Wildman–Crippen MR) is 141 cm³/mol. The Hall–Kier alpha value is -1.39. The molecule has 0 unspecified atom stereocenters. The van der Waals surface area contributed by atoms with Crippen molar-refractivity contribution in [2.75, 3.05) is 11.1 Å². The third-order valence-corrected chi connectivity index (χ3v) is 8.29. The fraction of sp³-hybridized carbons (Fsp3) is 0. The first-order chi connectivity index (χ1) is 19.0. The van der Waals surface area contributed by atoms with Gasteiger partial charge in [0.05, 0.1) is 20.2 Å². The number of aromatic hydroxyl groups is 1. The molecule has 44 heavy (non-hydrogen) atoms. The Morgan fingerprint density at radius 2 is 1.30 bits per heavy atom. The van der Waals surface area contributed by atoms with Crippen LogP contribution in [0.15, 0.2) is 75.5 Å². The number of fused-ring (bicyclic) bond motifs is 1. The van der Waals surface area contributed by atoms with Crippen molar-refractivity contribution in [3.05, 3.63) is 77.5 Å². The number of hydrogen-bond acceptors (Lipinski definition) is 13. The molecule has 0 spiro atoms. The van der Waals surface area contributed by atoms with Crippen LogP contribution in [0, 0.1) is 0 Å². The van der Waals surface area contributed by atoms with Crippen molar-refractivity contribution in [1.29, 1.82) is 0 Å². The van der Waals surface area contributed by atoms with Crippen LogP contribution in [0.4, 0.5) is 11.4 Å². The number of pyridine rings is 1. The van der Waals surface area contributed by atoms with Crippen LogP contribution in [0.2, 0.25) is 0 Å². The van der Waals surface area contributed by atoms with Crippen LogP contribution in [0.5, 0.6) is 5.75 Å². The van der Waals surface area contributed by atoms with Crippen molar-refractivity contribution >= 4 is 70.7 Å². The van der Waals surface area contributed by atoms with Crippen molar-refractivity contribution in [3.8, 4) is 5.75 Å². The molecule has 0 atom stereocenters. The number of nitrogen functional groups attached to an aromatic ring is 1. The van der Waals surface area contributed by atoms with E-state index in [-0.39, 0.29) is 122 Å². The number of nitrogens with zero attached hydrogens (tertiary/aromatic N) is 1. The maximum atomic E-state index is 12.9. The van der Waals surface area contributed by atoms with Crippen LogP contribution in [0.3, 0.4) is 0 Å². The van der Waals surface area contributed by atoms with Crippen LogP contribution < -0.4 is 99.7 Å². The molecule has 20 heteroatoms. The smallest absolute Gasteiger partial charge is 0.744 e. The normalized spacial score (nSPS) is 11.7. The molecule has 4 aromatic rings. The summed E-state index contributed by atoms with van der Waals surface area (Å²) in [5.74, 6) is -1.95. The van der Waals surface area contributed by atoms with E-state index in [0.717, 1.165) is 36.4 Å². The SMILES string of the molecule is Nc1ccc(C=Cc2ccc(NC(=O)c3cc(S(=O)(=O)[O-])c4cccnc4c3O)cc2S(=O)(=O)[O-])c(S(=O)(=O)[O-])c1.[Na+].[Na+].[Na+]. The molecule has 1 aromatic heterocycles. The van der Waals surface area contributed by atoms with Gasteiger partial charge in [0.15, 0.2) is 5.75 Å². The number of phenolic OH excluding ortho intramolecular Hbond substituents is 1. The van der Waals surface area contributed by atoms with Gasteiger partial charge in [-0.1, -0.05) is 24.3 Å². The maximum absolute atomic E-state index is 12.9. The molecule has 4 N–H and O–H groups in total. The minimum atomic E-state index is -5.20. The van der Waals surface area contributed by atoms with Crippen molar-refractivity contribution in [1.82, 2.24) is 4.98 Å². The molecular formula is C24H16N3Na3O11S3. The fourth-order valence-electron chi connectivity index (χ4n) is 3.83. The number of aromatic nitrogens is 1. The molecule has 3 aromatic carbocycles. The molecule has 0 radical (unpaired) electrons. The summed E-state index contributed by atoms with van der Waals surface area (Å²) in [6, 6.07) is 9.52. The van der Waals surface area contributed by atoms with E-state index in [1.54, 1.807) is 0 Å². The summed E-state index contributed by atoms with van der Waals surface area (Å²) in [4.78, 5) is 14.4. The molecule has 0 aliphatic carbocycles. The second-order valence-electron chi connectivity index (χ2n) is 8.37. The van der Waals surface area contributed by atoms with Crippen LogP contribution in [-0.2, 0) is 30.4 Å². The minimum absolute atomic E-state index is 0. The van der Waals surface area contributed by atoms with E-state index in [0.29, 0.717) is 6.07 Å². The summed E-state index contributed by atoms with van der Waals surface area (Å²) >= 11 is 0. The van der Waals surface area contributed by atoms with Crippen molar-refractivity contribution < 1.29 is 137 Å². The number of amides is 1. The van der Waals surface area contributed by atoms with E-state index in [1.807, 2.05) is 0 Å². The summed E-state index contributed by atoms with van der Waals surface area (Å²) < 4.78 is 106. The number of benzene rings is 3. The van der Waals surface area contributed by atoms with Gasteiger partial charge >= 0.3 is 88.7 Å². The number of nitrogens with one attached hydrogen (secondary N) is 1. The Labute approximate surface area is 318 Å². The summed E-state index contributed by atoms with van der Waals surface area (Å²) in [5, 5.41) is 12.5. The predicted octanol–water partition coefficient (Wildman–Crippen LogP) is -7.33. The Morgan fingerprint density at radius 1 is 0.773 bits per heavy atom. The largest absolute Gasteiger partial charge is 1.00 e. The van der Waals surface area contributed by atoms with Crippen molar-refractivity contribution in [2.24, 2.45) is 0 Å². The molecule has 0 saturated heterocycles. The van der Waals surface area contributed by atoms with Gasteiger partial charge in [-0.15, -0.1) is 0 Å². The average molecular weight is 688 g/mol. The number of hydrogen-bond donors (Lipinski definition) is 3. The molecule has 0 fully saturated rings. The molecule has 1 amide bonds. The van der Waals surface area contributed by atoms with Gasteiger partial charge in [0.1, 0.15) is 35.9 Å². The van der Waals surface area contributed by atoms with E-state index >= 15 is 0 Å². The first-order valence-corrected chi connectivity index (χ1v) is 15.2. The third-order valence-electron chi connectivity index (χ3n) is 5.63. The standard InChI is InChI=1S/C24H19N3O11S3.3Na/c25-15-7-5-13(19(10-15)39(30,31)32)3-4-14-6-8-16(11-20(14)40(33,34)35)27-24(29)18-12-21(41(36,37)38)17-2-1-9-26-22(17)23(18)28;;;/h1-12,28H,25H2,(H,27,29)(H,30,31,32)(H,33,34,35)(H,36,37,38);;;/q;3*+1/p-3. The van der Waals surface area contributed by atoms with Crippen molar-refractivity contribution in [3.63, 3.8) is 0 Å². The molecule has 0 bridgehead atoms. The first-order valence-electron chi connectivity index (χ1n) is 11.0. The van der Waals surface area contributed by atoms with Gasteiger partial charge in [0, 0.05) is 23.0 Å². The van der Waals surface area contributed by atoms with Gasteiger partial charge in [0.2, 0.25) is 0 Å². The van der Waals surface area contributed by atoms with Crippen LogP contribution in [0.25, 0.3) is 23.1 Å². The van der Waals surface area contributed by atoms with Crippen LogP contribution >= 0.6 is 0 Å². The minimum Gasteiger partial charge on any atom is -0.744 e. The number of rotatable bonds is 7. The van der Waals surface area contributed by atoms with Crippen LogP contribution in [0.1, 0.15) is 21.5 Å². The topological polar surface area (TPSA) is 260 Å². The van der Waals surface area contributed by atoms with Gasteiger partial charge in [-0.2, -0.15) is 0 Å². The molecule has 0 aliphatic heterocycles. The molecule has 0 saturated carbocycles. The number of nitrogens with two attached hydrogens (primary N) is 1. The zero-order chi connectivity index (χ0) is 30.3. The molecule has 14 nitrogen and oxygen atoms in total. The Balaban J connectivity index is 0.00000323. The Bertz CT molecular complexity index is 2110. The van der Waals surface area contributed by atoms with Gasteiger partial charge in [-0.25, -0.2) is 25.3 Å². The molecule has 1 heterocycles. The molecule has 4 rings (SSSR count). The number of carbonyl (C=O) groups excluding carboxylic acids is 1. The number of phenols is 1. The second kappa shape index (κ2) is 15.5. The monoisotopic (exact) mass is 687 g/mol. The van der Waals surface area contributed by atoms with Gasteiger partial charge in [-0.05, 0) is 53.6 Å². The number of anilines is 2. The quantitative estimate of drug-likeness (QED) is 0.0707. The summed E-state index contributed by atoms with van der Waals surface area (Å²) in [7, 11) is -15.3. The Kier molecular flexibility index (Phi) is 14.3. The van der Waals surface area contributed by atoms with Crippen LogP contribution in [-0.4, -0.2) is 54.9 Å². The second-order valence-corrected chi connectivity index (χ2v) is 12.4. The average Bonchev–Trinajstić information content (AvgIpc) is 2.87. The fourth-order valence-corrected chi connectivity index (χ4v) is 5.92. The van der Waals surface area contributed by atoms with E-state index in [4.69, 9.17) is 5.73 Å². The van der Waals surface area contributed by atoms with E-state index in [9.17, 15) is 48.8 Å². The third kappa shape index (κ3) is 9.34. The zero-order valence-corrected chi connectivity index (χ0v) is 31.7. The molecule has 214 valence electrons. The van der Waals surface area contributed by atoms with E-state index < -0.39 is 62.3 Å². The summed E-state index contributed by atoms with van der Waals surface area (Å²) in [5.41, 5.74) is 3.78. The maximum Gasteiger partial charge on any atom is 1.00 e.